The predicted octanol–water partition coefficient (Wildman–Crippen LogP) is 3.64. The van der Waals surface area contributed by atoms with E-state index in [1.165, 1.54) is 28.7 Å². The minimum atomic E-state index is -0.0555. The van der Waals surface area contributed by atoms with Crippen LogP contribution in [-0.2, 0) is 0 Å². The van der Waals surface area contributed by atoms with Crippen molar-refractivity contribution in [2.75, 3.05) is 13.1 Å². The smallest absolute Gasteiger partial charge is 0.230 e. The number of aryl methyl sites for hydroxylation is 1. The fraction of sp³-hybridized carbons (Fsp3) is 0.375. The molecule has 4 rings (SSSR count). The molecule has 0 bridgehead atoms. The van der Waals surface area contributed by atoms with Crippen LogP contribution in [-0.4, -0.2) is 37.7 Å². The summed E-state index contributed by atoms with van der Waals surface area (Å²) in [4.78, 5) is 8.32. The summed E-state index contributed by atoms with van der Waals surface area (Å²) in [6.07, 6.45) is 2.34. The summed E-state index contributed by atoms with van der Waals surface area (Å²) in [5, 5.41) is 15.7. The molecule has 1 fully saturated rings. The third kappa shape index (κ3) is 2.51. The van der Waals surface area contributed by atoms with E-state index in [2.05, 4.69) is 15.0 Å². The maximum Gasteiger partial charge on any atom is 0.230 e. The first-order chi connectivity index (χ1) is 11.1. The number of nitrogens with zero attached hydrogens (tertiary/aromatic N) is 4. The average Bonchev–Trinajstić information content (AvgIpc) is 3.22. The van der Waals surface area contributed by atoms with Gasteiger partial charge in [0.25, 0.3) is 0 Å². The third-order valence-corrected chi connectivity index (χ3v) is 5.68. The second kappa shape index (κ2) is 5.78. The Balaban J connectivity index is 1.88. The summed E-state index contributed by atoms with van der Waals surface area (Å²) < 4.78 is 1.52. The number of benzene rings is 1. The minimum Gasteiger partial charge on any atom is -0.492 e. The van der Waals surface area contributed by atoms with Crippen molar-refractivity contribution in [1.82, 2.24) is 19.5 Å². The van der Waals surface area contributed by atoms with Crippen molar-refractivity contribution < 1.29 is 5.11 Å². The number of hydrogen-bond donors (Lipinski definition) is 1. The van der Waals surface area contributed by atoms with Gasteiger partial charge in [0.15, 0.2) is 0 Å². The number of aromatic hydroxyl groups is 1. The first kappa shape index (κ1) is 14.9. The molecule has 0 radical (unpaired) electrons. The predicted molar refractivity (Wildman–Crippen MR) is 91.4 cm³/mol. The highest BCUT2D eigenvalue weighted by Crippen LogP contribution is 2.42. The standard InChI is InChI=1S/C16H17ClN4OS/c1-10-18-16-21(19-10)15(22)14(23-16)13(20-8-4-5-9-20)11-6-2-3-7-12(11)17/h2-3,6-7,13,22H,4-5,8-9H2,1H3/t13-/m1/s1. The molecule has 5 nitrogen and oxygen atoms in total. The number of rotatable bonds is 3. The molecule has 23 heavy (non-hydrogen) atoms. The maximum absolute atomic E-state index is 10.7. The van der Waals surface area contributed by atoms with Crippen molar-refractivity contribution in [3.05, 3.63) is 45.6 Å². The van der Waals surface area contributed by atoms with Gasteiger partial charge in [-0.3, -0.25) is 4.90 Å². The molecule has 1 aromatic carbocycles. The van der Waals surface area contributed by atoms with E-state index in [4.69, 9.17) is 11.6 Å². The zero-order valence-electron chi connectivity index (χ0n) is 12.7. The molecule has 1 aliphatic heterocycles. The fourth-order valence-corrected chi connectivity index (χ4v) is 4.62. The van der Waals surface area contributed by atoms with E-state index in [-0.39, 0.29) is 11.9 Å². The summed E-state index contributed by atoms with van der Waals surface area (Å²) in [5.74, 6) is 0.830. The Morgan fingerprint density at radius 2 is 2.00 bits per heavy atom. The van der Waals surface area contributed by atoms with Gasteiger partial charge in [-0.15, -0.1) is 5.10 Å². The number of likely N-dealkylation sites (tertiary alicyclic amines) is 1. The van der Waals surface area contributed by atoms with Crippen molar-refractivity contribution in [1.29, 1.82) is 0 Å². The summed E-state index contributed by atoms with van der Waals surface area (Å²) >= 11 is 7.94. The molecule has 1 N–H and O–H groups in total. The average molecular weight is 349 g/mol. The van der Waals surface area contributed by atoms with Crippen molar-refractivity contribution in [3.8, 4) is 5.88 Å². The molecule has 0 amide bonds. The first-order valence-electron chi connectivity index (χ1n) is 7.68. The van der Waals surface area contributed by atoms with Gasteiger partial charge in [-0.05, 0) is 44.5 Å². The minimum absolute atomic E-state index is 0.0555. The quantitative estimate of drug-likeness (QED) is 0.785. The van der Waals surface area contributed by atoms with Crippen LogP contribution in [0.1, 0.15) is 35.1 Å². The van der Waals surface area contributed by atoms with E-state index >= 15 is 0 Å². The van der Waals surface area contributed by atoms with E-state index in [9.17, 15) is 5.11 Å². The van der Waals surface area contributed by atoms with Crippen LogP contribution in [0.15, 0.2) is 24.3 Å². The number of halogens is 1. The van der Waals surface area contributed by atoms with E-state index in [1.807, 2.05) is 31.2 Å². The lowest BCUT2D eigenvalue weighted by Crippen LogP contribution is -2.26. The molecule has 3 heterocycles. The van der Waals surface area contributed by atoms with Crippen LogP contribution >= 0.6 is 22.9 Å². The third-order valence-electron chi connectivity index (χ3n) is 4.26. The highest BCUT2D eigenvalue weighted by atomic mass is 35.5. The number of thiazole rings is 1. The van der Waals surface area contributed by atoms with Gasteiger partial charge in [0.2, 0.25) is 10.8 Å². The van der Waals surface area contributed by atoms with E-state index in [0.29, 0.717) is 10.8 Å². The molecular weight excluding hydrogens is 332 g/mol. The van der Waals surface area contributed by atoms with Gasteiger partial charge in [0.05, 0.1) is 10.9 Å². The molecule has 3 aromatic rings. The van der Waals surface area contributed by atoms with Crippen molar-refractivity contribution in [2.24, 2.45) is 0 Å². The van der Waals surface area contributed by atoms with Crippen LogP contribution in [0.3, 0.4) is 0 Å². The lowest BCUT2D eigenvalue weighted by Gasteiger charge is -2.27. The van der Waals surface area contributed by atoms with Gasteiger partial charge >= 0.3 is 0 Å². The summed E-state index contributed by atoms with van der Waals surface area (Å²) in [5.41, 5.74) is 1.02. The van der Waals surface area contributed by atoms with Gasteiger partial charge in [0.1, 0.15) is 5.82 Å². The monoisotopic (exact) mass is 348 g/mol. The van der Waals surface area contributed by atoms with Crippen LogP contribution in [0.4, 0.5) is 0 Å². The maximum atomic E-state index is 10.7. The number of fused-ring (bicyclic) bond motifs is 1. The largest absolute Gasteiger partial charge is 0.492 e. The number of aromatic nitrogens is 3. The fourth-order valence-electron chi connectivity index (χ4n) is 3.23. The molecule has 1 atom stereocenters. The molecule has 0 unspecified atom stereocenters. The molecule has 0 aliphatic carbocycles. The molecule has 7 heteroatoms. The highest BCUT2D eigenvalue weighted by Gasteiger charge is 2.32. The van der Waals surface area contributed by atoms with Crippen molar-refractivity contribution >= 4 is 27.9 Å². The molecule has 120 valence electrons. The first-order valence-corrected chi connectivity index (χ1v) is 8.88. The van der Waals surface area contributed by atoms with Gasteiger partial charge in [-0.25, -0.2) is 4.98 Å². The van der Waals surface area contributed by atoms with Gasteiger partial charge in [-0.1, -0.05) is 41.1 Å². The van der Waals surface area contributed by atoms with Crippen molar-refractivity contribution in [2.45, 2.75) is 25.8 Å². The summed E-state index contributed by atoms with van der Waals surface area (Å²) in [6, 6.07) is 7.80. The molecule has 0 spiro atoms. The molecule has 2 aromatic heterocycles. The summed E-state index contributed by atoms with van der Waals surface area (Å²) in [6.45, 7) is 3.83. The van der Waals surface area contributed by atoms with Crippen LogP contribution in [0.5, 0.6) is 5.88 Å². The van der Waals surface area contributed by atoms with Gasteiger partial charge < -0.3 is 5.11 Å². The lowest BCUT2D eigenvalue weighted by atomic mass is 10.0. The van der Waals surface area contributed by atoms with Crippen LogP contribution in [0.2, 0.25) is 5.02 Å². The SMILES string of the molecule is Cc1nc2sc([C@@H](c3ccccc3Cl)N3CCCC3)c(O)n2n1. The number of hydrogen-bond acceptors (Lipinski definition) is 5. The Morgan fingerprint density at radius 3 is 2.70 bits per heavy atom. The Kier molecular flexibility index (Phi) is 3.75. The van der Waals surface area contributed by atoms with E-state index in [1.54, 1.807) is 0 Å². The Morgan fingerprint density at radius 1 is 1.26 bits per heavy atom. The zero-order valence-corrected chi connectivity index (χ0v) is 14.3. The van der Waals surface area contributed by atoms with Crippen LogP contribution < -0.4 is 0 Å². The zero-order chi connectivity index (χ0) is 16.0. The van der Waals surface area contributed by atoms with Crippen molar-refractivity contribution in [3.63, 3.8) is 0 Å². The Labute approximate surface area is 143 Å². The molecule has 1 aliphatic rings. The Hall–Kier alpha value is -1.63. The highest BCUT2D eigenvalue weighted by molar-refractivity contribution is 7.17. The molecule has 0 saturated carbocycles. The van der Waals surface area contributed by atoms with Crippen LogP contribution in [0.25, 0.3) is 4.96 Å². The molecular formula is C16H17ClN4OS. The summed E-state index contributed by atoms with van der Waals surface area (Å²) in [7, 11) is 0. The van der Waals surface area contributed by atoms with Gasteiger partial charge in [0, 0.05) is 5.02 Å². The topological polar surface area (TPSA) is 53.7 Å². The second-order valence-electron chi connectivity index (χ2n) is 5.81. The van der Waals surface area contributed by atoms with Crippen LogP contribution in [0, 0.1) is 6.92 Å². The van der Waals surface area contributed by atoms with E-state index in [0.717, 1.165) is 28.6 Å². The lowest BCUT2D eigenvalue weighted by molar-refractivity contribution is 0.277. The Bertz CT molecular complexity index is 853. The van der Waals surface area contributed by atoms with Gasteiger partial charge in [-0.2, -0.15) is 4.52 Å². The van der Waals surface area contributed by atoms with E-state index < -0.39 is 0 Å². The molecule has 1 saturated heterocycles. The second-order valence-corrected chi connectivity index (χ2v) is 7.23. The normalized spacial score (nSPS) is 17.1.